The zero-order valence-electron chi connectivity index (χ0n) is 11.6. The van der Waals surface area contributed by atoms with Gasteiger partial charge in [-0.2, -0.15) is 5.26 Å². The van der Waals surface area contributed by atoms with Crippen molar-refractivity contribution in [3.63, 3.8) is 0 Å². The van der Waals surface area contributed by atoms with Gasteiger partial charge in [-0.3, -0.25) is 10.7 Å². The number of nitrogens with zero attached hydrogens (tertiary/aromatic N) is 2. The summed E-state index contributed by atoms with van der Waals surface area (Å²) in [5.74, 6) is 0.270. The van der Waals surface area contributed by atoms with E-state index in [1.807, 2.05) is 11.9 Å². The van der Waals surface area contributed by atoms with Crippen molar-refractivity contribution in [1.82, 2.24) is 5.32 Å². The van der Waals surface area contributed by atoms with E-state index in [-0.39, 0.29) is 4.99 Å². The van der Waals surface area contributed by atoms with Gasteiger partial charge < -0.3 is 20.4 Å². The van der Waals surface area contributed by atoms with E-state index in [0.717, 1.165) is 13.2 Å². The molecule has 0 bridgehead atoms. The highest BCUT2D eigenvalue weighted by atomic mass is 32.1. The van der Waals surface area contributed by atoms with E-state index >= 15 is 0 Å². The molecule has 2 unspecified atom stereocenters. The molecule has 0 saturated carbocycles. The maximum atomic E-state index is 11.2. The van der Waals surface area contributed by atoms with Crippen molar-refractivity contribution in [2.24, 2.45) is 11.8 Å². The van der Waals surface area contributed by atoms with E-state index in [9.17, 15) is 4.79 Å². The molecule has 0 radical (unpaired) electrons. The zero-order chi connectivity index (χ0) is 15.1. The largest absolute Gasteiger partial charge is 0.763 e. The Morgan fingerprint density at radius 1 is 1.50 bits per heavy atom. The van der Waals surface area contributed by atoms with Crippen LogP contribution in [0.25, 0.3) is 5.41 Å². The molecule has 0 aromatic carbocycles. The fourth-order valence-electron chi connectivity index (χ4n) is 1.90. The van der Waals surface area contributed by atoms with Crippen LogP contribution in [0.2, 0.25) is 0 Å². The number of hydrogen-bond donors (Lipinski definition) is 2. The number of nitriles is 1. The molecule has 20 heavy (non-hydrogen) atoms. The first kappa shape index (κ1) is 16.5. The van der Waals surface area contributed by atoms with Crippen LogP contribution >= 0.6 is 12.2 Å². The molecule has 2 fully saturated rings. The number of carbonyl (C=O) groups excluding carboxylic acids is 1. The first-order valence-electron chi connectivity index (χ1n) is 6.42. The van der Waals surface area contributed by atoms with Crippen LogP contribution in [-0.4, -0.2) is 50.1 Å². The predicted molar refractivity (Wildman–Crippen MR) is 78.3 cm³/mol. The molecule has 2 N–H and O–H groups in total. The molecule has 0 aliphatic carbocycles. The highest BCUT2D eigenvalue weighted by molar-refractivity contribution is 7.80. The van der Waals surface area contributed by atoms with Crippen LogP contribution < -0.4 is 10.2 Å². The summed E-state index contributed by atoms with van der Waals surface area (Å²) in [5, 5.41) is 19.7. The van der Waals surface area contributed by atoms with E-state index in [0.29, 0.717) is 5.57 Å². The van der Waals surface area contributed by atoms with Gasteiger partial charge in [-0.05, 0) is 0 Å². The SMILES string of the molecule is CC1C(=C=[N-])C(=S)NC(=O)C1C#N.C[NH+]1CCOCC1. The molecule has 2 aliphatic rings. The fraction of sp³-hybridized carbons (Fsp3) is 0.615. The van der Waals surface area contributed by atoms with E-state index < -0.39 is 17.7 Å². The molecular formula is C13H18N4O2S. The number of amides is 1. The summed E-state index contributed by atoms with van der Waals surface area (Å²) in [6.45, 7) is 5.91. The first-order chi connectivity index (χ1) is 9.51. The second-order valence-corrected chi connectivity index (χ2v) is 5.22. The number of carbonyl (C=O) groups is 1. The Labute approximate surface area is 123 Å². The van der Waals surface area contributed by atoms with Gasteiger partial charge in [0.25, 0.3) is 0 Å². The van der Waals surface area contributed by atoms with Gasteiger partial charge >= 0.3 is 0 Å². The van der Waals surface area contributed by atoms with Crippen LogP contribution in [0.15, 0.2) is 5.57 Å². The Bertz CT molecular complexity index is 473. The lowest BCUT2D eigenvalue weighted by molar-refractivity contribution is -0.888. The molecule has 0 aromatic rings. The zero-order valence-corrected chi connectivity index (χ0v) is 12.4. The predicted octanol–water partition coefficient (Wildman–Crippen LogP) is -1.08. The number of rotatable bonds is 0. The molecule has 2 atom stereocenters. The molecule has 1 amide bonds. The molecule has 2 rings (SSSR count). The topological polar surface area (TPSA) is 88.9 Å². The maximum absolute atomic E-state index is 11.2. The summed E-state index contributed by atoms with van der Waals surface area (Å²) in [6, 6.07) is 1.84. The second-order valence-electron chi connectivity index (χ2n) is 4.81. The molecule has 6 nitrogen and oxygen atoms in total. The fourth-order valence-corrected chi connectivity index (χ4v) is 2.23. The Morgan fingerprint density at radius 3 is 2.50 bits per heavy atom. The molecule has 0 spiro atoms. The summed E-state index contributed by atoms with van der Waals surface area (Å²) < 4.78 is 5.12. The van der Waals surface area contributed by atoms with E-state index in [1.54, 1.807) is 11.8 Å². The minimum atomic E-state index is -0.804. The quantitative estimate of drug-likeness (QED) is 0.338. The second kappa shape index (κ2) is 7.88. The summed E-state index contributed by atoms with van der Waals surface area (Å²) in [6.07, 6.45) is 0. The van der Waals surface area contributed by atoms with Crippen molar-refractivity contribution in [3.05, 3.63) is 11.0 Å². The Balaban J connectivity index is 0.000000240. The average molecular weight is 294 g/mol. The van der Waals surface area contributed by atoms with Crippen molar-refractivity contribution < 1.29 is 14.4 Å². The number of quaternary nitrogens is 1. The van der Waals surface area contributed by atoms with Gasteiger partial charge in [-0.25, -0.2) is 0 Å². The van der Waals surface area contributed by atoms with Gasteiger partial charge in [0.1, 0.15) is 24.0 Å². The van der Waals surface area contributed by atoms with Gasteiger partial charge in [-0.1, -0.05) is 19.1 Å². The van der Waals surface area contributed by atoms with E-state index in [4.69, 9.17) is 27.6 Å². The highest BCUT2D eigenvalue weighted by Crippen LogP contribution is 2.23. The van der Waals surface area contributed by atoms with Crippen molar-refractivity contribution in [3.8, 4) is 6.07 Å². The molecule has 2 heterocycles. The lowest BCUT2D eigenvalue weighted by Crippen LogP contribution is -3.11. The van der Waals surface area contributed by atoms with E-state index in [1.165, 1.54) is 13.1 Å². The average Bonchev–Trinajstić information content (AvgIpc) is 2.40. The van der Waals surface area contributed by atoms with Gasteiger partial charge in [0, 0.05) is 11.5 Å². The molecule has 0 aromatic heterocycles. The number of morpholine rings is 1. The lowest BCUT2D eigenvalue weighted by atomic mass is 9.85. The monoisotopic (exact) mass is 294 g/mol. The standard InChI is InChI=1S/C8H6N3OS.C5H11NO/c1-4-5(2-9)7(12)11-8(13)6(4)3-10;1-6-2-4-7-5-3-6/h4-5H,1H3,(H,11,12,13);2-5H2,1H3/q-1;/p+1. The third kappa shape index (κ3) is 4.22. The minimum absolute atomic E-state index is 0.145. The Hall–Kier alpha value is -1.58. The number of likely N-dealkylation sites (N-methyl/N-ethyl adjacent to an activating group) is 1. The maximum Gasteiger partial charge on any atom is 0.243 e. The number of nitrogens with one attached hydrogen (secondary N) is 2. The van der Waals surface area contributed by atoms with E-state index in [2.05, 4.69) is 12.4 Å². The summed E-state index contributed by atoms with van der Waals surface area (Å²) >= 11 is 4.78. The normalized spacial score (nSPS) is 26.8. The van der Waals surface area contributed by atoms with Crippen LogP contribution in [0.4, 0.5) is 0 Å². The first-order valence-corrected chi connectivity index (χ1v) is 6.82. The minimum Gasteiger partial charge on any atom is -0.763 e. The van der Waals surface area contributed by atoms with Crippen LogP contribution in [0.3, 0.4) is 0 Å². The van der Waals surface area contributed by atoms with Gasteiger partial charge in [0.15, 0.2) is 0 Å². The Kier molecular flexibility index (Phi) is 6.49. The molecule has 2 aliphatic heterocycles. The molecular weight excluding hydrogens is 276 g/mol. The molecule has 108 valence electrons. The van der Waals surface area contributed by atoms with Crippen LogP contribution in [-0.2, 0) is 9.53 Å². The van der Waals surface area contributed by atoms with Crippen LogP contribution in [0.5, 0.6) is 0 Å². The summed E-state index contributed by atoms with van der Waals surface area (Å²) in [7, 11) is 2.20. The number of piperidine rings is 1. The van der Waals surface area contributed by atoms with Gasteiger partial charge in [0.05, 0.1) is 26.3 Å². The van der Waals surface area contributed by atoms with Gasteiger partial charge in [0.2, 0.25) is 5.91 Å². The smallest absolute Gasteiger partial charge is 0.243 e. The van der Waals surface area contributed by atoms with Crippen molar-refractivity contribution in [1.29, 1.82) is 5.26 Å². The van der Waals surface area contributed by atoms with Gasteiger partial charge in [-0.15, -0.1) is 0 Å². The van der Waals surface area contributed by atoms with Crippen LogP contribution in [0, 0.1) is 23.2 Å². The molecule has 2 saturated heterocycles. The lowest BCUT2D eigenvalue weighted by Gasteiger charge is -2.26. The van der Waals surface area contributed by atoms with Crippen molar-refractivity contribution >= 4 is 29.0 Å². The van der Waals surface area contributed by atoms with Crippen LogP contribution in [0.1, 0.15) is 6.92 Å². The number of thiocarbonyl (C=S) groups is 1. The Morgan fingerprint density at radius 2 is 2.10 bits per heavy atom. The summed E-state index contributed by atoms with van der Waals surface area (Å²) in [4.78, 5) is 12.9. The van der Waals surface area contributed by atoms with Crippen molar-refractivity contribution in [2.45, 2.75) is 6.92 Å². The third-order valence-electron chi connectivity index (χ3n) is 3.33. The highest BCUT2D eigenvalue weighted by Gasteiger charge is 2.34. The summed E-state index contributed by atoms with van der Waals surface area (Å²) in [5.41, 5.74) is 0.307. The van der Waals surface area contributed by atoms with Crippen molar-refractivity contribution in [2.75, 3.05) is 33.4 Å². The number of ether oxygens (including phenoxy) is 1. The number of hydrogen-bond acceptors (Lipinski definition) is 4. The third-order valence-corrected chi connectivity index (χ3v) is 3.65. The molecule has 7 heteroatoms.